The molecule has 0 aliphatic rings. The number of carbonyl (C=O) groups excluding carboxylic acids is 2. The molecule has 126 valence electrons. The van der Waals surface area contributed by atoms with E-state index in [4.69, 9.17) is 12.2 Å². The summed E-state index contributed by atoms with van der Waals surface area (Å²) >= 11 is 5.36. The maximum Gasteiger partial charge on any atom is 0.413 e. The highest BCUT2D eigenvalue weighted by molar-refractivity contribution is 7.80. The molecule has 1 aromatic carbocycles. The summed E-state index contributed by atoms with van der Waals surface area (Å²) in [6, 6.07) is 6.02. The van der Waals surface area contributed by atoms with Crippen LogP contribution in [-0.4, -0.2) is 41.7 Å². The Labute approximate surface area is 142 Å². The van der Waals surface area contributed by atoms with Crippen LogP contribution in [0.3, 0.4) is 0 Å². The fourth-order valence-electron chi connectivity index (χ4n) is 1.89. The monoisotopic (exact) mass is 337 g/mol. The van der Waals surface area contributed by atoms with E-state index in [1.54, 1.807) is 11.8 Å². The highest BCUT2D eigenvalue weighted by Crippen LogP contribution is 2.16. The van der Waals surface area contributed by atoms with Gasteiger partial charge >= 0.3 is 6.09 Å². The molecule has 2 N–H and O–H groups in total. The highest BCUT2D eigenvalue weighted by Gasteiger charge is 2.15. The lowest BCUT2D eigenvalue weighted by atomic mass is 10.1. The molecule has 0 aliphatic heterocycles. The van der Waals surface area contributed by atoms with Crippen LogP contribution in [0.2, 0.25) is 0 Å². The summed E-state index contributed by atoms with van der Waals surface area (Å²) in [6.45, 7) is 8.26. The Balaban J connectivity index is 2.66. The molecule has 1 aromatic rings. The van der Waals surface area contributed by atoms with Crippen molar-refractivity contribution in [3.63, 3.8) is 0 Å². The number of aryl methyl sites for hydroxylation is 2. The molecule has 0 heterocycles. The smallest absolute Gasteiger partial charge is 0.413 e. The van der Waals surface area contributed by atoms with Crippen LogP contribution in [0.1, 0.15) is 25.0 Å². The van der Waals surface area contributed by atoms with E-state index >= 15 is 0 Å². The van der Waals surface area contributed by atoms with Crippen molar-refractivity contribution in [1.29, 1.82) is 0 Å². The summed E-state index contributed by atoms with van der Waals surface area (Å²) in [5.41, 5.74) is 3.08. The molecule has 0 saturated carbocycles. The second-order valence-corrected chi connectivity index (χ2v) is 5.42. The predicted octanol–water partition coefficient (Wildman–Crippen LogP) is 2.59. The molecule has 1 rings (SSSR count). The van der Waals surface area contributed by atoms with Gasteiger partial charge in [0.2, 0.25) is 5.91 Å². The molecule has 6 nitrogen and oxygen atoms in total. The molecule has 0 atom stereocenters. The number of amides is 2. The number of thiocarbonyl (C=S) groups is 1. The van der Waals surface area contributed by atoms with Crippen LogP contribution >= 0.6 is 12.2 Å². The van der Waals surface area contributed by atoms with Gasteiger partial charge in [-0.25, -0.2) is 4.79 Å². The molecule has 0 radical (unpaired) electrons. The third-order valence-electron chi connectivity index (χ3n) is 3.15. The lowest BCUT2D eigenvalue weighted by Crippen LogP contribution is -2.44. The van der Waals surface area contributed by atoms with Gasteiger partial charge in [-0.3, -0.25) is 10.1 Å². The fraction of sp³-hybridized carbons (Fsp3) is 0.438. The van der Waals surface area contributed by atoms with E-state index < -0.39 is 12.0 Å². The van der Waals surface area contributed by atoms with Crippen molar-refractivity contribution >= 4 is 35.0 Å². The van der Waals surface area contributed by atoms with Crippen LogP contribution in [-0.2, 0) is 9.53 Å². The minimum Gasteiger partial charge on any atom is -0.450 e. The van der Waals surface area contributed by atoms with Gasteiger partial charge in [-0.2, -0.15) is 0 Å². The van der Waals surface area contributed by atoms with Crippen LogP contribution in [0.25, 0.3) is 0 Å². The number of hydrogen-bond acceptors (Lipinski definition) is 4. The van der Waals surface area contributed by atoms with E-state index in [9.17, 15) is 9.59 Å². The van der Waals surface area contributed by atoms with Crippen molar-refractivity contribution < 1.29 is 14.3 Å². The first kappa shape index (κ1) is 18.9. The average molecular weight is 337 g/mol. The summed E-state index contributed by atoms with van der Waals surface area (Å²) in [5, 5.41) is 5.73. The Morgan fingerprint density at radius 3 is 2.57 bits per heavy atom. The predicted molar refractivity (Wildman–Crippen MR) is 94.5 cm³/mol. The number of alkyl carbamates (subject to hydrolysis) is 1. The van der Waals surface area contributed by atoms with Crippen LogP contribution < -0.4 is 10.6 Å². The van der Waals surface area contributed by atoms with E-state index in [0.29, 0.717) is 11.7 Å². The molecule has 0 aromatic heterocycles. The van der Waals surface area contributed by atoms with Crippen molar-refractivity contribution in [2.45, 2.75) is 27.7 Å². The van der Waals surface area contributed by atoms with Crippen LogP contribution in [0, 0.1) is 13.8 Å². The second kappa shape index (κ2) is 9.09. The van der Waals surface area contributed by atoms with Crippen molar-refractivity contribution in [3.05, 3.63) is 29.3 Å². The number of benzene rings is 1. The minimum atomic E-state index is -0.748. The zero-order valence-electron chi connectivity index (χ0n) is 13.9. The maximum absolute atomic E-state index is 11.8. The van der Waals surface area contributed by atoms with E-state index in [0.717, 1.165) is 16.8 Å². The minimum absolute atomic E-state index is 0.0218. The molecular formula is C16H23N3O3S. The quantitative estimate of drug-likeness (QED) is 0.805. The first-order valence-corrected chi connectivity index (χ1v) is 7.88. The fourth-order valence-corrected chi connectivity index (χ4v) is 2.19. The standard InChI is InChI=1S/C16H23N3O3S/c1-5-19(10-14(20)18-16(21)22-6-2)15(23)17-13-9-11(3)7-8-12(13)4/h7-9H,5-6,10H2,1-4H3,(H,17,23)(H,18,20,21). The first-order chi connectivity index (χ1) is 10.9. The van der Waals surface area contributed by atoms with Crippen molar-refractivity contribution in [3.8, 4) is 0 Å². The van der Waals surface area contributed by atoms with Gasteiger partial charge in [0.15, 0.2) is 5.11 Å². The number of carbonyl (C=O) groups is 2. The number of anilines is 1. The Morgan fingerprint density at radius 1 is 1.26 bits per heavy atom. The average Bonchev–Trinajstić information content (AvgIpc) is 2.48. The third kappa shape index (κ3) is 6.23. The summed E-state index contributed by atoms with van der Waals surface area (Å²) < 4.78 is 4.67. The number of nitrogens with zero attached hydrogens (tertiary/aromatic N) is 1. The molecule has 0 saturated heterocycles. The van der Waals surface area contributed by atoms with E-state index in [-0.39, 0.29) is 13.2 Å². The van der Waals surface area contributed by atoms with Crippen molar-refractivity contribution in [2.75, 3.05) is 25.0 Å². The lowest BCUT2D eigenvalue weighted by Gasteiger charge is -2.24. The van der Waals surface area contributed by atoms with Crippen molar-refractivity contribution in [2.24, 2.45) is 0 Å². The van der Waals surface area contributed by atoms with Crippen LogP contribution in [0.5, 0.6) is 0 Å². The van der Waals surface area contributed by atoms with Gasteiger partial charge in [0, 0.05) is 12.2 Å². The lowest BCUT2D eigenvalue weighted by molar-refractivity contribution is -0.120. The van der Waals surface area contributed by atoms with Gasteiger partial charge in [0.25, 0.3) is 0 Å². The number of imide groups is 1. The van der Waals surface area contributed by atoms with E-state index in [2.05, 4.69) is 15.4 Å². The zero-order valence-corrected chi connectivity index (χ0v) is 14.8. The molecule has 0 spiro atoms. The topological polar surface area (TPSA) is 70.7 Å². The Morgan fingerprint density at radius 2 is 1.96 bits per heavy atom. The molecule has 0 aliphatic carbocycles. The van der Waals surface area contributed by atoms with Gasteiger partial charge in [0.05, 0.1) is 13.2 Å². The number of rotatable bonds is 5. The Kier molecular flexibility index (Phi) is 7.47. The second-order valence-electron chi connectivity index (χ2n) is 5.03. The van der Waals surface area contributed by atoms with Gasteiger partial charge < -0.3 is 15.0 Å². The SMILES string of the molecule is CCOC(=O)NC(=O)CN(CC)C(=S)Nc1cc(C)ccc1C. The molecule has 0 unspecified atom stereocenters. The van der Waals surface area contributed by atoms with Crippen LogP contribution in [0.4, 0.5) is 10.5 Å². The summed E-state index contributed by atoms with van der Waals surface area (Å²) in [4.78, 5) is 24.8. The summed E-state index contributed by atoms with van der Waals surface area (Å²) in [6.07, 6.45) is -0.748. The van der Waals surface area contributed by atoms with E-state index in [1.165, 1.54) is 0 Å². The van der Waals surface area contributed by atoms with Gasteiger partial charge in [-0.15, -0.1) is 0 Å². The summed E-state index contributed by atoms with van der Waals surface area (Å²) in [7, 11) is 0. The molecule has 7 heteroatoms. The normalized spacial score (nSPS) is 9.91. The third-order valence-corrected chi connectivity index (χ3v) is 3.52. The number of nitrogens with one attached hydrogen (secondary N) is 2. The maximum atomic E-state index is 11.8. The molecular weight excluding hydrogens is 314 g/mol. The summed E-state index contributed by atoms with van der Waals surface area (Å²) in [5.74, 6) is -0.463. The van der Waals surface area contributed by atoms with Gasteiger partial charge in [-0.1, -0.05) is 12.1 Å². The largest absolute Gasteiger partial charge is 0.450 e. The Bertz CT molecular complexity index is 590. The number of likely N-dealkylation sites (N-methyl/N-ethyl adjacent to an activating group) is 1. The highest BCUT2D eigenvalue weighted by atomic mass is 32.1. The zero-order chi connectivity index (χ0) is 17.4. The van der Waals surface area contributed by atoms with Gasteiger partial charge in [0.1, 0.15) is 0 Å². The first-order valence-electron chi connectivity index (χ1n) is 7.47. The van der Waals surface area contributed by atoms with E-state index in [1.807, 2.05) is 39.0 Å². The molecule has 2 amide bonds. The Hall–Kier alpha value is -2.15. The number of ether oxygens (including phenoxy) is 1. The van der Waals surface area contributed by atoms with Crippen molar-refractivity contribution in [1.82, 2.24) is 10.2 Å². The van der Waals surface area contributed by atoms with Gasteiger partial charge in [-0.05, 0) is 57.1 Å². The number of hydrogen-bond donors (Lipinski definition) is 2. The molecule has 23 heavy (non-hydrogen) atoms. The van der Waals surface area contributed by atoms with Crippen LogP contribution in [0.15, 0.2) is 18.2 Å². The molecule has 0 bridgehead atoms. The molecule has 0 fully saturated rings.